The van der Waals surface area contributed by atoms with Crippen LogP contribution in [0.1, 0.15) is 49.9 Å². The molecule has 0 fully saturated rings. The third-order valence-corrected chi connectivity index (χ3v) is 18.6. The zero-order valence-electron chi connectivity index (χ0n) is 46.2. The van der Waals surface area contributed by atoms with E-state index in [0.29, 0.717) is 0 Å². The van der Waals surface area contributed by atoms with Crippen LogP contribution in [0.5, 0.6) is 0 Å². The normalized spacial score (nSPS) is 14.2. The number of benzene rings is 12. The van der Waals surface area contributed by atoms with E-state index < -0.39 is 0 Å². The highest BCUT2D eigenvalue weighted by molar-refractivity contribution is 6.14. The molecule has 17 rings (SSSR count). The summed E-state index contributed by atoms with van der Waals surface area (Å²) in [4.78, 5) is 5.08. The number of fused-ring (bicyclic) bond motifs is 18. The van der Waals surface area contributed by atoms with Crippen LogP contribution in [0, 0.1) is 0 Å². The van der Waals surface area contributed by atoms with E-state index in [-0.39, 0.29) is 10.8 Å². The first-order valence-corrected chi connectivity index (χ1v) is 28.8. The van der Waals surface area contributed by atoms with Crippen molar-refractivity contribution in [3.63, 3.8) is 0 Å². The van der Waals surface area contributed by atoms with Crippen LogP contribution in [0.4, 0.5) is 34.1 Å². The highest BCUT2D eigenvalue weighted by Gasteiger charge is 2.40. The van der Waals surface area contributed by atoms with Gasteiger partial charge >= 0.3 is 0 Å². The van der Waals surface area contributed by atoms with Gasteiger partial charge in [-0.3, -0.25) is 0 Å². The maximum Gasteiger partial charge on any atom is 0.0562 e. The van der Waals surface area contributed by atoms with Crippen LogP contribution < -0.4 is 9.80 Å². The molecule has 2 aromatic heterocycles. The summed E-state index contributed by atoms with van der Waals surface area (Å²) in [6.07, 6.45) is 0. The summed E-state index contributed by atoms with van der Waals surface area (Å²) in [6.45, 7) is 9.59. The maximum atomic E-state index is 2.54. The van der Waals surface area contributed by atoms with Crippen molar-refractivity contribution in [3.8, 4) is 55.9 Å². The van der Waals surface area contributed by atoms with Gasteiger partial charge in [0, 0.05) is 55.1 Å². The van der Waals surface area contributed by atoms with Crippen molar-refractivity contribution in [2.75, 3.05) is 9.80 Å². The van der Waals surface area contributed by atoms with Crippen molar-refractivity contribution >= 4 is 77.7 Å². The van der Waals surface area contributed by atoms with Gasteiger partial charge in [-0.05, 0) is 164 Å². The molecule has 0 radical (unpaired) electrons. The van der Waals surface area contributed by atoms with E-state index >= 15 is 0 Å². The van der Waals surface area contributed by atoms with Gasteiger partial charge in [0.15, 0.2) is 0 Å². The molecule has 4 heterocycles. The van der Waals surface area contributed by atoms with Crippen molar-refractivity contribution < 1.29 is 0 Å². The Hall–Kier alpha value is -10.2. The summed E-state index contributed by atoms with van der Waals surface area (Å²) < 4.78 is 4.89. The van der Waals surface area contributed by atoms with E-state index in [4.69, 9.17) is 0 Å². The number of para-hydroxylation sites is 6. The van der Waals surface area contributed by atoms with E-state index in [0.717, 1.165) is 22.7 Å². The molecule has 388 valence electrons. The number of aromatic nitrogens is 2. The van der Waals surface area contributed by atoms with Gasteiger partial charge in [-0.2, -0.15) is 0 Å². The largest absolute Gasteiger partial charge is 0.310 e. The van der Waals surface area contributed by atoms with Crippen LogP contribution in [0.15, 0.2) is 267 Å². The minimum absolute atomic E-state index is 0.271. The highest BCUT2D eigenvalue weighted by Crippen LogP contribution is 2.58. The molecule has 0 amide bonds. The number of nitrogens with zero attached hydrogens (tertiary/aromatic N) is 4. The van der Waals surface area contributed by atoms with Gasteiger partial charge < -0.3 is 18.9 Å². The number of rotatable bonds is 4. The zero-order valence-corrected chi connectivity index (χ0v) is 46.2. The average Bonchev–Trinajstić information content (AvgIpc) is 3.01. The lowest BCUT2D eigenvalue weighted by Gasteiger charge is -2.42. The Kier molecular flexibility index (Phi) is 9.79. The van der Waals surface area contributed by atoms with E-state index in [9.17, 15) is 0 Å². The van der Waals surface area contributed by atoms with E-state index in [1.54, 1.807) is 0 Å². The molecular formula is C78H56N4. The Morgan fingerprint density at radius 2 is 0.561 bits per heavy atom. The lowest BCUT2D eigenvalue weighted by Crippen LogP contribution is -2.30. The maximum absolute atomic E-state index is 2.54. The van der Waals surface area contributed by atoms with E-state index in [2.05, 4.69) is 314 Å². The SMILES string of the molecule is CC1(C)c2ccccc2N(c2ccc3c(c2)-c2ccccc2-c2ccc(N4c5ccccc5C(C)(C)c5cc6c7ccccc7n(-c7ccccc7)c6cc54)cc2-c2ccccc2-3)c2cc3c(cc21)c1ccccc1n3-c1ccccc1. The lowest BCUT2D eigenvalue weighted by molar-refractivity contribution is 0.633. The molecule has 0 atom stereocenters. The Balaban J connectivity index is 0.871. The quantitative estimate of drug-likeness (QED) is 0.175. The van der Waals surface area contributed by atoms with Crippen molar-refractivity contribution in [2.24, 2.45) is 0 Å². The molecule has 82 heavy (non-hydrogen) atoms. The molecule has 12 aromatic carbocycles. The smallest absolute Gasteiger partial charge is 0.0562 e. The van der Waals surface area contributed by atoms with Gasteiger partial charge in [-0.15, -0.1) is 0 Å². The standard InChI is InChI=1S/C78H56N4/c1-77(2)65-33-17-21-37-71(65)81(75-47-73-63(45-67(75)77)59-31-15-19-35-69(59)79(73)49-23-7-5-8-24-49)51-39-41-57-54-28-12-14-30-56(54)62-44-52(40-42-58(62)53-27-11-13-29-55(53)61(57)43-51)82-72-38-22-18-34-66(72)78(3,4)68-46-64-60-32-16-20-36-70(60)80(74(64)48-76(68)82)50-25-9-6-10-26-50/h5-48H,1-4H3. The van der Waals surface area contributed by atoms with Crippen LogP contribution >= 0.6 is 0 Å². The summed E-state index contributed by atoms with van der Waals surface area (Å²) in [7, 11) is 0. The number of anilines is 6. The second kappa shape index (κ2) is 17.2. The first-order chi connectivity index (χ1) is 40.2. The first-order valence-electron chi connectivity index (χ1n) is 28.8. The summed E-state index contributed by atoms with van der Waals surface area (Å²) in [5, 5.41) is 5.04. The summed E-state index contributed by atoms with van der Waals surface area (Å²) in [5.41, 5.74) is 28.5. The fraction of sp³-hybridized carbons (Fsp3) is 0.0769. The molecule has 3 aliphatic rings. The monoisotopic (exact) mass is 1050 g/mol. The van der Waals surface area contributed by atoms with Crippen molar-refractivity contribution in [2.45, 2.75) is 38.5 Å². The Bertz CT molecular complexity index is 4680. The van der Waals surface area contributed by atoms with Gasteiger partial charge in [0.2, 0.25) is 0 Å². The molecule has 0 N–H and O–H groups in total. The summed E-state index contributed by atoms with van der Waals surface area (Å²) in [6, 6.07) is 100. The van der Waals surface area contributed by atoms with Crippen LogP contribution in [0.3, 0.4) is 0 Å². The topological polar surface area (TPSA) is 16.3 Å². The van der Waals surface area contributed by atoms with Crippen molar-refractivity contribution in [1.82, 2.24) is 9.13 Å². The summed E-state index contributed by atoms with van der Waals surface area (Å²) >= 11 is 0. The van der Waals surface area contributed by atoms with Crippen molar-refractivity contribution in [1.29, 1.82) is 0 Å². The van der Waals surface area contributed by atoms with Crippen LogP contribution in [-0.4, -0.2) is 9.13 Å². The Morgan fingerprint density at radius 3 is 0.988 bits per heavy atom. The van der Waals surface area contributed by atoms with Gasteiger partial charge in [0.05, 0.1) is 44.8 Å². The molecule has 2 aliphatic heterocycles. The molecule has 0 bridgehead atoms. The fourth-order valence-electron chi connectivity index (χ4n) is 14.8. The lowest BCUT2D eigenvalue weighted by atomic mass is 9.73. The number of hydrogen-bond donors (Lipinski definition) is 0. The Morgan fingerprint density at radius 1 is 0.220 bits per heavy atom. The molecule has 1 aliphatic carbocycles. The van der Waals surface area contributed by atoms with E-state index in [1.807, 2.05) is 0 Å². The molecule has 14 aromatic rings. The predicted octanol–water partition coefficient (Wildman–Crippen LogP) is 21.1. The molecule has 4 heteroatoms. The van der Waals surface area contributed by atoms with Crippen LogP contribution in [0.25, 0.3) is 99.5 Å². The molecule has 0 spiro atoms. The molecule has 0 unspecified atom stereocenters. The first kappa shape index (κ1) is 46.7. The minimum atomic E-state index is -0.271. The molecule has 0 saturated carbocycles. The van der Waals surface area contributed by atoms with Crippen LogP contribution in [0.2, 0.25) is 0 Å². The highest BCUT2D eigenvalue weighted by atomic mass is 15.2. The second-order valence-corrected chi connectivity index (χ2v) is 23.7. The minimum Gasteiger partial charge on any atom is -0.310 e. The van der Waals surface area contributed by atoms with Crippen LogP contribution in [-0.2, 0) is 10.8 Å². The van der Waals surface area contributed by atoms with E-state index in [1.165, 1.54) is 133 Å². The Labute approximate surface area is 477 Å². The molecule has 4 nitrogen and oxygen atoms in total. The van der Waals surface area contributed by atoms with Crippen molar-refractivity contribution in [3.05, 3.63) is 289 Å². The summed E-state index contributed by atoms with van der Waals surface area (Å²) in [5.74, 6) is 0. The molecular weight excluding hydrogens is 993 g/mol. The number of hydrogen-bond acceptors (Lipinski definition) is 2. The third kappa shape index (κ3) is 6.49. The third-order valence-electron chi connectivity index (χ3n) is 18.6. The average molecular weight is 1050 g/mol. The van der Waals surface area contributed by atoms with Gasteiger partial charge in [0.1, 0.15) is 0 Å². The molecule has 0 saturated heterocycles. The zero-order chi connectivity index (χ0) is 54.6. The predicted molar refractivity (Wildman–Crippen MR) is 344 cm³/mol. The van der Waals surface area contributed by atoms with Gasteiger partial charge in [-0.1, -0.05) is 198 Å². The fourth-order valence-corrected chi connectivity index (χ4v) is 14.8. The van der Waals surface area contributed by atoms with Gasteiger partial charge in [-0.25, -0.2) is 0 Å². The van der Waals surface area contributed by atoms with Gasteiger partial charge in [0.25, 0.3) is 0 Å². The second-order valence-electron chi connectivity index (χ2n) is 23.7.